The molecular weight excluding hydrogens is 216 g/mol. The van der Waals surface area contributed by atoms with Crippen LogP contribution in [0, 0.1) is 6.92 Å². The first-order chi connectivity index (χ1) is 7.68. The zero-order valence-corrected chi connectivity index (χ0v) is 11.8. The third kappa shape index (κ3) is 2.97. The molecule has 1 aliphatic rings. The first kappa shape index (κ1) is 13.5. The van der Waals surface area contributed by atoms with Gasteiger partial charge in [-0.15, -0.1) is 0 Å². The van der Waals surface area contributed by atoms with Crippen molar-refractivity contribution in [1.82, 2.24) is 9.97 Å². The fourth-order valence-corrected chi connectivity index (χ4v) is 2.86. The van der Waals surface area contributed by atoms with Crippen LogP contribution in [0.25, 0.3) is 0 Å². The Hall–Kier alpha value is -0.570. The van der Waals surface area contributed by atoms with Crippen molar-refractivity contribution in [3.8, 4) is 0 Å². The quantitative estimate of drug-likeness (QED) is 0.745. The lowest BCUT2D eigenvalue weighted by molar-refractivity contribution is 0.766. The Labute approximate surface area is 103 Å². The molecule has 0 bridgehead atoms. The van der Waals surface area contributed by atoms with Gasteiger partial charge in [0.2, 0.25) is 0 Å². The average Bonchev–Trinajstić information content (AvgIpc) is 2.30. The number of aromatic nitrogens is 2. The monoisotopic (exact) mass is 238 g/mol. The Morgan fingerprint density at radius 3 is 2.50 bits per heavy atom. The third-order valence-corrected chi connectivity index (χ3v) is 3.50. The summed E-state index contributed by atoms with van der Waals surface area (Å²) in [6.07, 6.45) is 1.11. The lowest BCUT2D eigenvalue weighted by atomic mass is 10.0. The molecule has 0 amide bonds. The van der Waals surface area contributed by atoms with Crippen LogP contribution in [0.3, 0.4) is 0 Å². The van der Waals surface area contributed by atoms with Crippen molar-refractivity contribution in [2.45, 2.75) is 52.7 Å². The summed E-state index contributed by atoms with van der Waals surface area (Å²) >= 11 is 2.00. The molecule has 2 rings (SSSR count). The van der Waals surface area contributed by atoms with E-state index in [-0.39, 0.29) is 0 Å². The highest BCUT2D eigenvalue weighted by Gasteiger charge is 2.18. The highest BCUT2D eigenvalue weighted by Crippen LogP contribution is 2.28. The van der Waals surface area contributed by atoms with Gasteiger partial charge < -0.3 is 0 Å². The Kier molecular flexibility index (Phi) is 5.26. The number of rotatable bonds is 1. The maximum Gasteiger partial charge on any atom is 0.125 e. The van der Waals surface area contributed by atoms with Crippen molar-refractivity contribution in [3.05, 3.63) is 22.8 Å². The molecule has 0 N–H and O–H groups in total. The molecular formula is C13H22N2S. The van der Waals surface area contributed by atoms with E-state index < -0.39 is 0 Å². The predicted octanol–water partition coefficient (Wildman–Crippen LogP) is 3.72. The minimum atomic E-state index is 0.518. The van der Waals surface area contributed by atoms with Crippen LogP contribution in [-0.4, -0.2) is 15.7 Å². The van der Waals surface area contributed by atoms with E-state index in [0.717, 1.165) is 18.0 Å². The molecule has 0 radical (unpaired) electrons. The minimum Gasteiger partial charge on any atom is -0.238 e. The van der Waals surface area contributed by atoms with Crippen molar-refractivity contribution in [3.63, 3.8) is 0 Å². The van der Waals surface area contributed by atoms with Gasteiger partial charge in [0.1, 0.15) is 5.82 Å². The van der Waals surface area contributed by atoms with Crippen LogP contribution in [-0.2, 0) is 12.2 Å². The molecule has 0 fully saturated rings. The number of hydrogen-bond donors (Lipinski definition) is 0. The molecule has 2 nitrogen and oxygen atoms in total. The predicted molar refractivity (Wildman–Crippen MR) is 72.1 cm³/mol. The van der Waals surface area contributed by atoms with Crippen LogP contribution < -0.4 is 0 Å². The van der Waals surface area contributed by atoms with Gasteiger partial charge >= 0.3 is 0 Å². The maximum atomic E-state index is 4.56. The Morgan fingerprint density at radius 2 is 1.88 bits per heavy atom. The van der Waals surface area contributed by atoms with E-state index in [1.807, 2.05) is 32.5 Å². The van der Waals surface area contributed by atoms with Gasteiger partial charge in [-0.25, -0.2) is 9.97 Å². The van der Waals surface area contributed by atoms with E-state index in [1.165, 1.54) is 22.7 Å². The maximum absolute atomic E-state index is 4.56. The summed E-state index contributed by atoms with van der Waals surface area (Å²) in [6.45, 7) is 10.4. The fraction of sp³-hybridized carbons (Fsp3) is 0.692. The number of hydrogen-bond acceptors (Lipinski definition) is 3. The molecule has 1 aromatic heterocycles. The number of thioether (sulfide) groups is 1. The van der Waals surface area contributed by atoms with Crippen molar-refractivity contribution in [2.75, 3.05) is 5.75 Å². The van der Waals surface area contributed by atoms with Crippen LogP contribution in [0.1, 0.15) is 56.4 Å². The molecule has 90 valence electrons. The van der Waals surface area contributed by atoms with E-state index in [2.05, 4.69) is 23.8 Å². The highest BCUT2D eigenvalue weighted by molar-refractivity contribution is 7.98. The van der Waals surface area contributed by atoms with Gasteiger partial charge in [-0.1, -0.05) is 27.7 Å². The smallest absolute Gasteiger partial charge is 0.125 e. The average molecular weight is 238 g/mol. The van der Waals surface area contributed by atoms with Crippen LogP contribution in [0.15, 0.2) is 0 Å². The Balaban J connectivity index is 0.000000606. The summed E-state index contributed by atoms with van der Waals surface area (Å²) in [5.41, 5.74) is 3.96. The lowest BCUT2D eigenvalue weighted by Crippen LogP contribution is -2.13. The molecule has 1 aromatic rings. The first-order valence-corrected chi connectivity index (χ1v) is 7.28. The summed E-state index contributed by atoms with van der Waals surface area (Å²) in [5.74, 6) is 3.76. The largest absolute Gasteiger partial charge is 0.238 e. The molecule has 0 atom stereocenters. The molecule has 0 saturated carbocycles. The van der Waals surface area contributed by atoms with E-state index in [1.54, 1.807) is 0 Å². The van der Waals surface area contributed by atoms with Crippen LogP contribution >= 0.6 is 11.8 Å². The second-order valence-electron chi connectivity index (χ2n) is 4.04. The molecule has 2 heterocycles. The fourth-order valence-electron chi connectivity index (χ4n) is 1.86. The van der Waals surface area contributed by atoms with E-state index in [0.29, 0.717) is 5.92 Å². The van der Waals surface area contributed by atoms with Crippen molar-refractivity contribution in [1.29, 1.82) is 0 Å². The Morgan fingerprint density at radius 1 is 1.19 bits per heavy atom. The van der Waals surface area contributed by atoms with Gasteiger partial charge in [-0.05, 0) is 25.0 Å². The topological polar surface area (TPSA) is 25.8 Å². The number of aryl methyl sites for hydroxylation is 2. The number of nitrogens with zero attached hydrogens (tertiary/aromatic N) is 2. The summed E-state index contributed by atoms with van der Waals surface area (Å²) in [7, 11) is 0. The van der Waals surface area contributed by atoms with E-state index in [4.69, 9.17) is 0 Å². The molecule has 0 aromatic carbocycles. The minimum absolute atomic E-state index is 0.518. The number of fused-ring (bicyclic) bond motifs is 1. The van der Waals surface area contributed by atoms with Gasteiger partial charge in [-0.2, -0.15) is 11.8 Å². The summed E-state index contributed by atoms with van der Waals surface area (Å²) in [5, 5.41) is 0. The summed E-state index contributed by atoms with van der Waals surface area (Å²) < 4.78 is 0. The lowest BCUT2D eigenvalue weighted by Gasteiger charge is -2.19. The van der Waals surface area contributed by atoms with Gasteiger partial charge in [0.15, 0.2) is 0 Å². The van der Waals surface area contributed by atoms with Crippen LogP contribution in [0.4, 0.5) is 0 Å². The third-order valence-electron chi connectivity index (χ3n) is 2.51. The van der Waals surface area contributed by atoms with Crippen molar-refractivity contribution >= 4 is 11.8 Å². The zero-order chi connectivity index (χ0) is 12.1. The second-order valence-corrected chi connectivity index (χ2v) is 5.14. The second kappa shape index (κ2) is 6.24. The van der Waals surface area contributed by atoms with Crippen LogP contribution in [0.5, 0.6) is 0 Å². The van der Waals surface area contributed by atoms with Gasteiger partial charge in [0, 0.05) is 17.0 Å². The molecule has 16 heavy (non-hydrogen) atoms. The highest BCUT2D eigenvalue weighted by atomic mass is 32.2. The van der Waals surface area contributed by atoms with Crippen molar-refractivity contribution in [2.24, 2.45) is 0 Å². The van der Waals surface area contributed by atoms with Gasteiger partial charge in [0.05, 0.1) is 5.69 Å². The standard InChI is InChI=1S/C11H16N2S.C2H6/c1-7(2)11-9-6-14-5-4-10(9)12-8(3)13-11;1-2/h7H,4-6H2,1-3H3;1-2H3. The summed E-state index contributed by atoms with van der Waals surface area (Å²) in [6, 6.07) is 0. The van der Waals surface area contributed by atoms with Crippen molar-refractivity contribution < 1.29 is 0 Å². The molecule has 0 saturated heterocycles. The molecule has 0 unspecified atom stereocenters. The van der Waals surface area contributed by atoms with Gasteiger partial charge in [-0.3, -0.25) is 0 Å². The van der Waals surface area contributed by atoms with Gasteiger partial charge in [0.25, 0.3) is 0 Å². The molecule has 3 heteroatoms. The molecule has 1 aliphatic heterocycles. The SMILES string of the molecule is CC.Cc1nc2c(c(C(C)C)n1)CSCC2. The van der Waals surface area contributed by atoms with E-state index >= 15 is 0 Å². The summed E-state index contributed by atoms with van der Waals surface area (Å²) in [4.78, 5) is 9.09. The van der Waals surface area contributed by atoms with Crippen LogP contribution in [0.2, 0.25) is 0 Å². The molecule has 0 spiro atoms. The van der Waals surface area contributed by atoms with E-state index in [9.17, 15) is 0 Å². The Bertz CT molecular complexity index is 348. The molecule has 0 aliphatic carbocycles. The zero-order valence-electron chi connectivity index (χ0n) is 11.0. The normalized spacial score (nSPS) is 14.1. The first-order valence-electron chi connectivity index (χ1n) is 6.12.